The van der Waals surface area contributed by atoms with E-state index in [1.54, 1.807) is 0 Å². The Morgan fingerprint density at radius 1 is 0.375 bits per heavy atom. The van der Waals surface area contributed by atoms with Crippen LogP contribution in [0, 0.1) is 105 Å². The van der Waals surface area contributed by atoms with Gasteiger partial charge in [-0.05, 0) is 120 Å². The molecule has 2 aliphatic heterocycles. The molecule has 0 unspecified atom stereocenters. The summed E-state index contributed by atoms with van der Waals surface area (Å²) in [6, 6.07) is 26.8. The maximum absolute atomic E-state index is 14.6. The molecule has 0 aliphatic carbocycles. The van der Waals surface area contributed by atoms with Crippen LogP contribution in [0.5, 0.6) is 0 Å². The number of anilines is 5. The zero-order valence-corrected chi connectivity index (χ0v) is 56.7. The summed E-state index contributed by atoms with van der Waals surface area (Å²) < 4.78 is 369. The molecule has 1 saturated heterocycles. The molecule has 0 radical (unpaired) electrons. The van der Waals surface area contributed by atoms with Gasteiger partial charge in [-0.2, -0.15) is 0 Å². The van der Waals surface area contributed by atoms with Crippen molar-refractivity contribution >= 4 is 110 Å². The van der Waals surface area contributed by atoms with Crippen molar-refractivity contribution in [1.29, 1.82) is 0 Å². The van der Waals surface area contributed by atoms with E-state index < -0.39 is 182 Å². The largest absolute Gasteiger partial charge is 0.274 e. The normalized spacial score (nSPS) is 15.6. The minimum Gasteiger partial charge on any atom is -0.274 e. The van der Waals surface area contributed by atoms with E-state index in [1.165, 1.54) is 35.3 Å². The van der Waals surface area contributed by atoms with Gasteiger partial charge >= 0.3 is 66.0 Å². The van der Waals surface area contributed by atoms with Gasteiger partial charge in [0, 0.05) is 11.8 Å². The van der Waals surface area contributed by atoms with Crippen molar-refractivity contribution in [3.8, 4) is 0 Å². The molecule has 104 heavy (non-hydrogen) atoms. The van der Waals surface area contributed by atoms with Gasteiger partial charge < -0.3 is 0 Å². The number of rotatable bonds is 10. The molecule has 9 aromatic rings. The Balaban J connectivity index is 0.000000243. The number of nitrogens with zero attached hydrogens (tertiary/aromatic N) is 6. The smallest absolute Gasteiger partial charge is 0.159 e. The molecule has 1 fully saturated rings. The van der Waals surface area contributed by atoms with E-state index in [0.717, 1.165) is 161 Å². The Morgan fingerprint density at radius 3 is 1.04 bits per heavy atom. The predicted octanol–water partition coefficient (Wildman–Crippen LogP) is 26.0. The van der Waals surface area contributed by atoms with Gasteiger partial charge in [-0.15, -0.1) is 33.2 Å². The van der Waals surface area contributed by atoms with Crippen molar-refractivity contribution in [2.24, 2.45) is 10.3 Å². The molecule has 0 amide bonds. The van der Waals surface area contributed by atoms with E-state index in [-0.39, 0.29) is 22.5 Å². The van der Waals surface area contributed by atoms with Gasteiger partial charge in [0.15, 0.2) is 75.5 Å². The van der Waals surface area contributed by atoms with Crippen LogP contribution in [0.15, 0.2) is 185 Å². The number of alkyl halides is 1. The second-order valence-corrected chi connectivity index (χ2v) is 25.1. The van der Waals surface area contributed by atoms with Crippen molar-refractivity contribution in [2.45, 2.75) is 11.0 Å². The average Bonchev–Trinajstić information content (AvgIpc) is 1.54. The second kappa shape index (κ2) is 32.7. The van der Waals surface area contributed by atoms with E-state index >= 15 is 0 Å². The maximum Gasteiger partial charge on any atom is 0.159 e. The minimum atomic E-state index is -10.7. The molecule has 44 heteroatoms. The summed E-state index contributed by atoms with van der Waals surface area (Å²) in [6.45, 7) is 0. The Labute approximate surface area is 591 Å². The van der Waals surface area contributed by atoms with Crippen LogP contribution in [0.1, 0.15) is 22.7 Å². The summed E-state index contributed by atoms with van der Waals surface area (Å²) in [5.74, 6) is -17.0. The number of hydrazine groups is 4. The summed E-state index contributed by atoms with van der Waals surface area (Å²) in [5.41, 5.74) is 1.39. The first kappa shape index (κ1) is 85.8. The van der Waals surface area contributed by atoms with Crippen molar-refractivity contribution < 1.29 is 129 Å². The monoisotopic (exact) mass is 1750 g/mol. The summed E-state index contributed by atoms with van der Waals surface area (Å²) in [7, 11) is -21.3. The maximum atomic E-state index is 14.6. The Morgan fingerprint density at radius 2 is 0.673 bits per heavy atom. The van der Waals surface area contributed by atoms with Crippen LogP contribution in [0.3, 0.4) is 0 Å². The zero-order chi connectivity index (χ0) is 77.2. The molecule has 9 nitrogen and oxygen atoms in total. The molecular weight excluding hydrogens is 1720 g/mol. The first-order valence-electron chi connectivity index (χ1n) is 27.0. The van der Waals surface area contributed by atoms with Gasteiger partial charge in [-0.3, -0.25) is 25.5 Å². The number of nitrogens with one attached hydrogen (secondary N) is 3. The summed E-state index contributed by atoms with van der Waals surface area (Å²) in [6.07, 6.45) is 2.26. The van der Waals surface area contributed by atoms with E-state index in [9.17, 15) is 129 Å². The van der Waals surface area contributed by atoms with Gasteiger partial charge in [0.25, 0.3) is 0 Å². The Bertz CT molecular complexity index is 4430. The van der Waals surface area contributed by atoms with E-state index in [4.69, 9.17) is 0 Å². The SMILES string of the molecule is Br.F[P-](F)(F)(F)(F)F.F[P-](F)(F)(F)(F)F.Fc1cccc(F)c1/C=C\Br.Fc1cccc(F)c1C1=CN(c2c(F)cccc2F)NN1c1c(F)cccc1F.Fc1cccc(F)c1N=NNc1c(F)cccc1F.Fc1cccc(F)c1[C@H]1[C@@H](Br)N(c2c(F)cccc2F)NN1c1c(F)cccc1F. The molecule has 2 aliphatic rings. The van der Waals surface area contributed by atoms with Crippen LogP contribution in [0.4, 0.5) is 164 Å². The minimum absolute atomic E-state index is 0. The third-order valence-electron chi connectivity index (χ3n) is 12.4. The van der Waals surface area contributed by atoms with Gasteiger partial charge in [0.1, 0.15) is 74.3 Å². The molecule has 9 aromatic carbocycles. The van der Waals surface area contributed by atoms with Crippen molar-refractivity contribution in [3.63, 3.8) is 0 Å². The fourth-order valence-electron chi connectivity index (χ4n) is 8.40. The van der Waals surface area contributed by atoms with Gasteiger partial charge in [0.2, 0.25) is 0 Å². The number of hydrogen-bond donors (Lipinski definition) is 3. The standard InChI is InChI=1S/C20H12BrF6N3.C20H11F6N3.C12H7F4N3.C8H5BrF2.BrH.2F6P/c21-20-19(16-10(22)4-1-5-11(16)23)29(17-12(24)6-2-7-13(17)25)28-30(20)18-14(26)8-3-9-15(18)27;21-11-4-1-5-12(22)18(11)17-10-28(19-13(23)6-2-7-14(19)24)27-29(17)20-15(25)8-3-9-16(20)26;13-7-3-1-4-8(14)11(7)17-19-18-12-9(15)5-2-6-10(12)16;9-5-4-6-7(10)2-1-3-8(6)11;;2*1-7(2,3,4,5)6/h1-9,19-20,28H;1-10,27H;1-6H,(H,17,18);1-5H;1H;;/q;;;;;2*-1/b;;;5-4-;;;/t19-,20-;;;;;;/m0....../s1. The molecule has 0 aromatic heterocycles. The van der Waals surface area contributed by atoms with E-state index in [1.807, 2.05) is 5.43 Å². The fraction of sp³-hybridized carbons (Fsp3) is 0.0333. The third kappa shape index (κ3) is 24.9. The molecule has 2 atom stereocenters. The van der Waals surface area contributed by atoms with Crippen molar-refractivity contribution in [1.82, 2.24) is 11.1 Å². The molecular formula is C60H36Br3F30N9P2-2. The second-order valence-electron chi connectivity index (χ2n) is 19.8. The van der Waals surface area contributed by atoms with E-state index in [0.29, 0.717) is 5.01 Å². The molecule has 3 N–H and O–H groups in total. The fourth-order valence-corrected chi connectivity index (χ4v) is 9.46. The quantitative estimate of drug-likeness (QED) is 0.0315. The van der Waals surface area contributed by atoms with Gasteiger partial charge in [-0.25, -0.2) is 79.0 Å². The Hall–Kier alpha value is -8.82. The molecule has 0 spiro atoms. The average molecular weight is 1750 g/mol. The Kier molecular flexibility index (Phi) is 27.0. The summed E-state index contributed by atoms with van der Waals surface area (Å²) >= 11 is 6.12. The van der Waals surface area contributed by atoms with Crippen LogP contribution in [-0.4, -0.2) is 4.95 Å². The number of para-hydroxylation sites is 5. The van der Waals surface area contributed by atoms with Crippen LogP contribution in [0.25, 0.3) is 11.8 Å². The van der Waals surface area contributed by atoms with Crippen LogP contribution in [0.2, 0.25) is 0 Å². The number of benzene rings is 9. The molecule has 564 valence electrons. The number of halogens is 33. The third-order valence-corrected chi connectivity index (χ3v) is 13.5. The molecule has 0 saturated carbocycles. The summed E-state index contributed by atoms with van der Waals surface area (Å²) in [4.78, 5) is 0.184. The molecule has 2 heterocycles. The number of hydrogen-bond acceptors (Lipinski definition) is 8. The first-order chi connectivity index (χ1) is 47.4. The van der Waals surface area contributed by atoms with Gasteiger partial charge in [-0.1, -0.05) is 91.7 Å². The van der Waals surface area contributed by atoms with Crippen molar-refractivity contribution in [3.05, 3.63) is 296 Å². The zero-order valence-electron chi connectivity index (χ0n) is 50.1. The molecule has 0 bridgehead atoms. The molecule has 11 rings (SSSR count). The predicted molar refractivity (Wildman–Crippen MR) is 340 cm³/mol. The van der Waals surface area contributed by atoms with Crippen LogP contribution in [-0.2, 0) is 0 Å². The topological polar surface area (TPSA) is 73.8 Å². The van der Waals surface area contributed by atoms with Crippen LogP contribution >= 0.6 is 64.5 Å². The van der Waals surface area contributed by atoms with Crippen LogP contribution < -0.4 is 36.5 Å². The van der Waals surface area contributed by atoms with Crippen molar-refractivity contribution in [2.75, 3.05) is 25.5 Å². The first-order valence-corrected chi connectivity index (χ1v) is 32.9. The van der Waals surface area contributed by atoms with E-state index in [2.05, 4.69) is 53.3 Å². The van der Waals surface area contributed by atoms with Gasteiger partial charge in [0.05, 0.1) is 16.8 Å². The summed E-state index contributed by atoms with van der Waals surface area (Å²) in [5, 5.41) is 9.47.